The summed E-state index contributed by atoms with van der Waals surface area (Å²) >= 11 is 0. The van der Waals surface area contributed by atoms with Crippen LogP contribution < -0.4 is 30.2 Å². The summed E-state index contributed by atoms with van der Waals surface area (Å²) in [6.45, 7) is 10.4. The number of anilines is 2. The van der Waals surface area contributed by atoms with Gasteiger partial charge in [-0.05, 0) is 24.3 Å². The normalized spacial score (nSPS) is 25.7. The molecule has 12 nitrogen and oxygen atoms in total. The molecule has 4 saturated heterocycles. The highest BCUT2D eigenvalue weighted by Crippen LogP contribution is 2.27. The lowest BCUT2D eigenvalue weighted by Crippen LogP contribution is -3.16. The van der Waals surface area contributed by atoms with Crippen molar-refractivity contribution < 1.29 is 49.1 Å². The molecule has 0 aliphatic carbocycles. The molecule has 6 N–H and O–H groups in total. The van der Waals surface area contributed by atoms with Crippen LogP contribution in [0, 0.1) is 0 Å². The Kier molecular flexibility index (Phi) is 8.77. The van der Waals surface area contributed by atoms with E-state index in [1.165, 1.54) is 19.6 Å². The number of carbonyl (C=O) groups is 4. The van der Waals surface area contributed by atoms with Gasteiger partial charge in [0, 0.05) is 0 Å². The van der Waals surface area contributed by atoms with Crippen molar-refractivity contribution in [1.82, 2.24) is 0 Å². The number of benzene rings is 1. The van der Waals surface area contributed by atoms with E-state index < -0.39 is 12.1 Å². The van der Waals surface area contributed by atoms with Gasteiger partial charge in [0.1, 0.15) is 52.4 Å². The summed E-state index contributed by atoms with van der Waals surface area (Å²) in [5.41, 5.74) is 0.934. The summed E-state index contributed by atoms with van der Waals surface area (Å²) in [5, 5.41) is 3.94. The molecule has 1 aromatic carbocycles. The van der Waals surface area contributed by atoms with E-state index in [2.05, 4.69) is 0 Å². The fourth-order valence-electron chi connectivity index (χ4n) is 5.77. The third-order valence-electron chi connectivity index (χ3n) is 8.03. The Hall–Kier alpha value is -2.74. The molecule has 2 atom stereocenters. The van der Waals surface area contributed by atoms with Gasteiger partial charge in [0.2, 0.25) is 11.8 Å². The molecule has 0 bridgehead atoms. The highest BCUT2D eigenvalue weighted by Gasteiger charge is 2.44. The maximum Gasteiger partial charge on any atom is 0.292 e. The predicted octanol–water partition coefficient (Wildman–Crippen LogP) is -6.09. The van der Waals surface area contributed by atoms with Gasteiger partial charge >= 0.3 is 0 Å². The summed E-state index contributed by atoms with van der Waals surface area (Å²) in [4.78, 5) is 56.8. The van der Waals surface area contributed by atoms with Crippen LogP contribution in [0.1, 0.15) is 12.8 Å². The maximum atomic E-state index is 13.0. The highest BCUT2D eigenvalue weighted by molar-refractivity contribution is 6.23. The fraction of sp³-hybridized carbons (Fsp3) is 0.615. The average molecular weight is 533 g/mol. The van der Waals surface area contributed by atoms with Crippen molar-refractivity contribution in [3.63, 3.8) is 0 Å². The smallest absolute Gasteiger partial charge is 0.292 e. The molecule has 1 aromatic rings. The summed E-state index contributed by atoms with van der Waals surface area (Å²) in [7, 11) is 0. The van der Waals surface area contributed by atoms with Crippen molar-refractivity contribution in [2.75, 3.05) is 88.6 Å². The number of rotatable bonds is 10. The monoisotopic (exact) mass is 532 g/mol. The van der Waals surface area contributed by atoms with Gasteiger partial charge in [-0.15, -0.1) is 0 Å². The van der Waals surface area contributed by atoms with Crippen LogP contribution >= 0.6 is 0 Å². The molecule has 0 radical (unpaired) electrons. The molecule has 4 amide bonds. The molecular formula is C26H40N6O6+4. The largest absolute Gasteiger partial charge is 0.370 e. The maximum absolute atomic E-state index is 13.0. The minimum atomic E-state index is -0.417. The lowest BCUT2D eigenvalue weighted by atomic mass is 10.2. The van der Waals surface area contributed by atoms with Gasteiger partial charge < -0.3 is 29.9 Å². The van der Waals surface area contributed by atoms with Crippen LogP contribution in [0.4, 0.5) is 11.4 Å². The van der Waals surface area contributed by atoms with E-state index in [0.29, 0.717) is 11.4 Å². The molecule has 0 spiro atoms. The van der Waals surface area contributed by atoms with E-state index in [1.54, 1.807) is 24.3 Å². The van der Waals surface area contributed by atoms with Gasteiger partial charge in [0.05, 0.1) is 50.6 Å². The number of hydrogen-bond acceptors (Lipinski definition) is 6. The zero-order valence-corrected chi connectivity index (χ0v) is 21.9. The number of ether oxygens (including phenoxy) is 2. The van der Waals surface area contributed by atoms with Crippen LogP contribution in [0.2, 0.25) is 0 Å². The molecule has 12 heteroatoms. The number of carbonyl (C=O) groups excluding carboxylic acids is 4. The summed E-state index contributed by atoms with van der Waals surface area (Å²) < 4.78 is 10.8. The SMILES string of the molecule is O=C1C[C@H]([NH2+]CC[NH+]2CCOCC2)C(=O)N1c1ccc(N2C(=O)C[C@H]([NH2+]CC[NH+]3CCOCC3)C2=O)cc1. The Balaban J connectivity index is 1.13. The van der Waals surface area contributed by atoms with Crippen LogP contribution in [0.3, 0.4) is 0 Å². The van der Waals surface area contributed by atoms with Crippen LogP contribution in [0.5, 0.6) is 0 Å². The summed E-state index contributed by atoms with van der Waals surface area (Å²) in [6, 6.07) is 5.74. The number of morpholine rings is 2. The van der Waals surface area contributed by atoms with Gasteiger partial charge in [-0.25, -0.2) is 9.80 Å². The number of imide groups is 2. The zero-order chi connectivity index (χ0) is 26.5. The molecule has 0 aromatic heterocycles. The van der Waals surface area contributed by atoms with Crippen molar-refractivity contribution in [3.05, 3.63) is 24.3 Å². The number of amides is 4. The van der Waals surface area contributed by atoms with Crippen molar-refractivity contribution in [2.24, 2.45) is 0 Å². The Morgan fingerprint density at radius 2 is 1.03 bits per heavy atom. The lowest BCUT2D eigenvalue weighted by molar-refractivity contribution is -0.920. The first-order valence-electron chi connectivity index (χ1n) is 13.8. The minimum absolute atomic E-state index is 0.172. The van der Waals surface area contributed by atoms with Crippen molar-refractivity contribution >= 4 is 35.0 Å². The summed E-state index contributed by atoms with van der Waals surface area (Å²) in [6.07, 6.45) is 0.345. The number of nitrogens with two attached hydrogens (primary N) is 2. The van der Waals surface area contributed by atoms with Crippen molar-refractivity contribution in [2.45, 2.75) is 24.9 Å². The van der Waals surface area contributed by atoms with Gasteiger partial charge in [-0.2, -0.15) is 0 Å². The topological polar surface area (TPSA) is 135 Å². The van der Waals surface area contributed by atoms with Gasteiger partial charge in [0.25, 0.3) is 11.8 Å². The second-order valence-corrected chi connectivity index (χ2v) is 10.5. The first kappa shape index (κ1) is 26.9. The third kappa shape index (κ3) is 6.11. The van der Waals surface area contributed by atoms with Crippen molar-refractivity contribution in [1.29, 1.82) is 0 Å². The number of nitrogens with zero attached hydrogens (tertiary/aromatic N) is 2. The van der Waals surface area contributed by atoms with Gasteiger partial charge in [-0.1, -0.05) is 0 Å². The number of hydrogen-bond donors (Lipinski definition) is 4. The zero-order valence-electron chi connectivity index (χ0n) is 21.9. The Morgan fingerprint density at radius 1 is 0.658 bits per heavy atom. The molecule has 38 heavy (non-hydrogen) atoms. The van der Waals surface area contributed by atoms with Crippen LogP contribution in [0.15, 0.2) is 24.3 Å². The van der Waals surface area contributed by atoms with E-state index in [4.69, 9.17) is 9.47 Å². The molecule has 0 saturated carbocycles. The first-order chi connectivity index (χ1) is 18.5. The van der Waals surface area contributed by atoms with E-state index in [1.807, 2.05) is 10.6 Å². The Morgan fingerprint density at radius 3 is 1.39 bits per heavy atom. The molecule has 4 aliphatic rings. The second kappa shape index (κ2) is 12.4. The van der Waals surface area contributed by atoms with E-state index in [9.17, 15) is 19.2 Å². The van der Waals surface area contributed by atoms with Gasteiger partial charge in [0.15, 0.2) is 12.1 Å². The fourth-order valence-corrected chi connectivity index (χ4v) is 5.77. The quantitative estimate of drug-likeness (QED) is 0.222. The molecular weight excluding hydrogens is 492 g/mol. The van der Waals surface area contributed by atoms with E-state index in [-0.39, 0.29) is 36.5 Å². The molecule has 4 heterocycles. The molecule has 0 unspecified atom stereocenters. The lowest BCUT2D eigenvalue weighted by Gasteiger charge is -2.23. The van der Waals surface area contributed by atoms with Crippen LogP contribution in [-0.4, -0.2) is 114 Å². The molecule has 5 rings (SSSR count). The molecule has 206 valence electrons. The van der Waals surface area contributed by atoms with E-state index >= 15 is 0 Å². The van der Waals surface area contributed by atoms with E-state index in [0.717, 1.165) is 78.8 Å². The predicted molar refractivity (Wildman–Crippen MR) is 135 cm³/mol. The van der Waals surface area contributed by atoms with Crippen LogP contribution in [-0.2, 0) is 28.7 Å². The third-order valence-corrected chi connectivity index (χ3v) is 8.03. The Bertz CT molecular complexity index is 943. The van der Waals surface area contributed by atoms with Crippen LogP contribution in [0.25, 0.3) is 0 Å². The first-order valence-corrected chi connectivity index (χ1v) is 13.8. The minimum Gasteiger partial charge on any atom is -0.370 e. The van der Waals surface area contributed by atoms with Gasteiger partial charge in [-0.3, -0.25) is 19.2 Å². The second-order valence-electron chi connectivity index (χ2n) is 10.5. The average Bonchev–Trinajstić information content (AvgIpc) is 3.38. The standard InChI is InChI=1S/C26H36N6O6/c33-23-17-21(27-5-7-29-9-13-37-14-10-29)25(35)31(23)19-1-2-20(4-3-19)32-24(34)18-22(26(32)36)28-6-8-30-11-15-38-16-12-30/h1-4,21-22,27-28H,5-18H2/p+4/t21-,22-/m0/s1. The highest BCUT2D eigenvalue weighted by atomic mass is 16.5. The molecule has 4 fully saturated rings. The number of quaternary nitrogens is 4. The summed E-state index contributed by atoms with van der Waals surface area (Å²) in [5.74, 6) is -0.892. The molecule has 4 aliphatic heterocycles. The number of nitrogens with one attached hydrogen (secondary N) is 2. The van der Waals surface area contributed by atoms with Crippen molar-refractivity contribution in [3.8, 4) is 0 Å². The Labute approximate surface area is 222 Å².